The number of ether oxygens (including phenoxy) is 1. The summed E-state index contributed by atoms with van der Waals surface area (Å²) in [4.78, 5) is 24.0. The number of amides is 1. The highest BCUT2D eigenvalue weighted by molar-refractivity contribution is 7.63. The largest absolute Gasteiger partial charge is 0.489 e. The second-order valence-corrected chi connectivity index (χ2v) is 13.5. The van der Waals surface area contributed by atoms with Crippen LogP contribution >= 0.6 is 18.7 Å². The van der Waals surface area contributed by atoms with E-state index in [0.29, 0.717) is 23.2 Å². The lowest BCUT2D eigenvalue weighted by atomic mass is 9.73. The van der Waals surface area contributed by atoms with Crippen LogP contribution in [-0.4, -0.2) is 60.3 Å². The molecule has 0 radical (unpaired) electrons. The predicted octanol–water partition coefficient (Wildman–Crippen LogP) is 4.11. The van der Waals surface area contributed by atoms with E-state index in [1.54, 1.807) is 12.4 Å². The molecule has 0 unspecified atom stereocenters. The highest BCUT2D eigenvalue weighted by Gasteiger charge is 2.56. The normalized spacial score (nSPS) is 21.3. The number of hydrogen-bond acceptors (Lipinski definition) is 6. The van der Waals surface area contributed by atoms with E-state index in [4.69, 9.17) is 16.3 Å². The minimum atomic E-state index is -2.28. The van der Waals surface area contributed by atoms with E-state index in [1.807, 2.05) is 31.5 Å². The van der Waals surface area contributed by atoms with Crippen LogP contribution in [0.2, 0.25) is 5.02 Å². The molecule has 1 amide bonds. The first kappa shape index (κ1) is 21.9. The molecule has 1 aromatic heterocycles. The topological polar surface area (TPSA) is 84.4 Å². The summed E-state index contributed by atoms with van der Waals surface area (Å²) >= 11 is 6.20. The number of carbonyl (C=O) groups is 1. The van der Waals surface area contributed by atoms with Gasteiger partial charge in [-0.3, -0.25) is 9.69 Å². The Hall–Kier alpha value is -1.95. The molecule has 1 spiro atoms. The van der Waals surface area contributed by atoms with Gasteiger partial charge in [-0.05, 0) is 75.9 Å². The number of benzene rings is 1. The van der Waals surface area contributed by atoms with Crippen LogP contribution in [0.25, 0.3) is 0 Å². The van der Waals surface area contributed by atoms with Crippen molar-refractivity contribution in [3.05, 3.63) is 47.0 Å². The molecule has 2 fully saturated rings. The molecule has 2 aliphatic heterocycles. The Balaban J connectivity index is 1.15. The molecule has 32 heavy (non-hydrogen) atoms. The summed E-state index contributed by atoms with van der Waals surface area (Å²) in [6.07, 6.45) is 6.69. The fourth-order valence-electron chi connectivity index (χ4n) is 5.09. The van der Waals surface area contributed by atoms with Crippen LogP contribution in [0.4, 0.5) is 5.69 Å². The molecular weight excluding hydrogens is 447 g/mol. The predicted molar refractivity (Wildman–Crippen MR) is 125 cm³/mol. The Morgan fingerprint density at radius 1 is 1.16 bits per heavy atom. The maximum Gasteiger partial charge on any atom is 0.235 e. The number of rotatable bonds is 6. The molecule has 1 saturated carbocycles. The molecule has 170 valence electrons. The first-order chi connectivity index (χ1) is 15.2. The fourth-order valence-corrected chi connectivity index (χ4v) is 7.04. The van der Waals surface area contributed by atoms with Gasteiger partial charge in [-0.15, -0.1) is 0 Å². The van der Waals surface area contributed by atoms with E-state index in [-0.39, 0.29) is 11.1 Å². The van der Waals surface area contributed by atoms with E-state index in [2.05, 4.69) is 20.2 Å². The molecule has 3 heterocycles. The van der Waals surface area contributed by atoms with Crippen LogP contribution in [0, 0.1) is 0 Å². The fraction of sp³-hybridized carbons (Fsp3) is 0.522. The van der Waals surface area contributed by atoms with E-state index < -0.39 is 12.6 Å². The minimum Gasteiger partial charge on any atom is -0.489 e. The Kier molecular flexibility index (Phi) is 5.35. The maximum absolute atomic E-state index is 12.8. The molecule has 0 bridgehead atoms. The molecule has 0 atom stereocenters. The Morgan fingerprint density at radius 2 is 1.84 bits per heavy atom. The number of carbonyl (C=O) groups excluding carboxylic acids is 1. The highest BCUT2D eigenvalue weighted by atomic mass is 35.5. The van der Waals surface area contributed by atoms with Gasteiger partial charge in [0.15, 0.2) is 5.75 Å². The number of hydrogen-bond donors (Lipinski definition) is 1. The van der Waals surface area contributed by atoms with Crippen molar-refractivity contribution >= 4 is 30.3 Å². The van der Waals surface area contributed by atoms with E-state index >= 15 is 0 Å². The lowest BCUT2D eigenvalue weighted by molar-refractivity contribution is -0.122. The Bertz CT molecular complexity index is 1090. The average molecular weight is 475 g/mol. The quantitative estimate of drug-likeness (QED) is 0.634. The first-order valence-corrected chi connectivity index (χ1v) is 14.1. The van der Waals surface area contributed by atoms with Gasteiger partial charge in [-0.2, -0.15) is 0 Å². The first-order valence-electron chi connectivity index (χ1n) is 11.1. The van der Waals surface area contributed by atoms with Gasteiger partial charge in [0.05, 0.1) is 30.1 Å². The number of anilines is 1. The van der Waals surface area contributed by atoms with Gasteiger partial charge in [-0.25, -0.2) is 9.97 Å². The van der Waals surface area contributed by atoms with Crippen molar-refractivity contribution in [1.82, 2.24) is 14.9 Å². The van der Waals surface area contributed by atoms with Gasteiger partial charge in [0.2, 0.25) is 5.91 Å². The third kappa shape index (κ3) is 3.64. The van der Waals surface area contributed by atoms with Gasteiger partial charge < -0.3 is 14.6 Å². The van der Waals surface area contributed by atoms with E-state index in [9.17, 15) is 9.36 Å². The number of aromatic nitrogens is 2. The van der Waals surface area contributed by atoms with E-state index in [0.717, 1.165) is 56.6 Å². The molecule has 1 N–H and O–H groups in total. The van der Waals surface area contributed by atoms with Crippen LogP contribution in [0.1, 0.15) is 37.1 Å². The molecule has 5 rings (SSSR count). The van der Waals surface area contributed by atoms with Gasteiger partial charge in [0.25, 0.3) is 0 Å². The Labute approximate surface area is 193 Å². The summed E-state index contributed by atoms with van der Waals surface area (Å²) in [7, 11) is -2.28. The van der Waals surface area contributed by atoms with Gasteiger partial charge >= 0.3 is 0 Å². The molecule has 9 heteroatoms. The minimum absolute atomic E-state index is 0.0834. The van der Waals surface area contributed by atoms with Crippen LogP contribution in [0.5, 0.6) is 5.75 Å². The van der Waals surface area contributed by atoms with Crippen LogP contribution in [0.3, 0.4) is 0 Å². The summed E-state index contributed by atoms with van der Waals surface area (Å²) in [5.41, 5.74) is 1.44. The summed E-state index contributed by atoms with van der Waals surface area (Å²) in [5.74, 6) is 1.38. The molecule has 7 nitrogen and oxygen atoms in total. The molecule has 1 saturated heterocycles. The standard InChI is InChI=1S/C23H28ClN4O3P/c1-32(2,30)23(5-6-23)20-25-14-17(15-26-20)31-12-11-28-9-7-22(8-10-28)18-13-16(24)3-4-19(18)27-21(22)29/h3-4,13-15H,5-12H2,1-2H3,(H,27,29). The lowest BCUT2D eigenvalue weighted by Crippen LogP contribution is -2.47. The van der Waals surface area contributed by atoms with Crippen molar-refractivity contribution in [3.63, 3.8) is 0 Å². The average Bonchev–Trinajstić information content (AvgIpc) is 3.54. The third-order valence-electron chi connectivity index (χ3n) is 7.36. The number of likely N-dealkylation sites (tertiary alicyclic amines) is 1. The number of fused-ring (bicyclic) bond motifs is 2. The van der Waals surface area contributed by atoms with Crippen molar-refractivity contribution in [3.8, 4) is 5.75 Å². The number of piperidine rings is 1. The number of halogens is 1. The summed E-state index contributed by atoms with van der Waals surface area (Å²) in [5, 5.41) is 3.36. The number of nitrogens with one attached hydrogen (secondary N) is 1. The van der Waals surface area contributed by atoms with Gasteiger partial charge in [-0.1, -0.05) is 11.6 Å². The van der Waals surface area contributed by atoms with Crippen molar-refractivity contribution in [2.45, 2.75) is 36.3 Å². The van der Waals surface area contributed by atoms with Crippen molar-refractivity contribution in [2.75, 3.05) is 44.9 Å². The summed E-state index contributed by atoms with van der Waals surface area (Å²) < 4.78 is 18.4. The van der Waals surface area contributed by atoms with E-state index in [1.165, 1.54) is 0 Å². The third-order valence-corrected chi connectivity index (χ3v) is 10.3. The Morgan fingerprint density at radius 3 is 2.47 bits per heavy atom. The summed E-state index contributed by atoms with van der Waals surface area (Å²) in [6.45, 7) is 6.57. The lowest BCUT2D eigenvalue weighted by Gasteiger charge is -2.37. The molecule has 2 aromatic rings. The zero-order chi connectivity index (χ0) is 22.6. The van der Waals surface area contributed by atoms with Crippen molar-refractivity contribution < 1.29 is 14.1 Å². The second-order valence-electron chi connectivity index (χ2n) is 9.54. The van der Waals surface area contributed by atoms with Crippen LogP contribution in [-0.2, 0) is 19.9 Å². The smallest absolute Gasteiger partial charge is 0.235 e. The SMILES string of the molecule is CP(C)(=O)C1(c2ncc(OCCN3CCC4(CC3)C(=O)Nc3ccc(Cl)cc34)cn2)CC1. The van der Waals surface area contributed by atoms with Crippen molar-refractivity contribution in [1.29, 1.82) is 0 Å². The van der Waals surface area contributed by atoms with Gasteiger partial charge in [0.1, 0.15) is 12.4 Å². The monoisotopic (exact) mass is 474 g/mol. The van der Waals surface area contributed by atoms with Crippen LogP contribution < -0.4 is 10.1 Å². The number of nitrogens with zero attached hydrogens (tertiary/aromatic N) is 3. The van der Waals surface area contributed by atoms with Gasteiger partial charge in [0, 0.05) is 17.3 Å². The zero-order valence-corrected chi connectivity index (χ0v) is 20.1. The second kappa shape index (κ2) is 7.82. The molecular formula is C23H28ClN4O3P. The molecule has 1 aliphatic carbocycles. The maximum atomic E-state index is 12.8. The highest BCUT2D eigenvalue weighted by Crippen LogP contribution is 2.71. The summed E-state index contributed by atoms with van der Waals surface area (Å²) in [6, 6.07) is 5.64. The zero-order valence-electron chi connectivity index (χ0n) is 18.4. The van der Waals surface area contributed by atoms with Crippen molar-refractivity contribution in [2.24, 2.45) is 0 Å². The molecule has 1 aromatic carbocycles. The molecule has 3 aliphatic rings. The van der Waals surface area contributed by atoms with Crippen LogP contribution in [0.15, 0.2) is 30.6 Å².